The van der Waals surface area contributed by atoms with E-state index >= 15 is 0 Å². The molecule has 1 saturated heterocycles. The van der Waals surface area contributed by atoms with Gasteiger partial charge >= 0.3 is 11.9 Å². The highest BCUT2D eigenvalue weighted by Gasteiger charge is 2.50. The molecule has 0 radical (unpaired) electrons. The fraction of sp³-hybridized carbons (Fsp3) is 0.900. The molecule has 2 rings (SSSR count). The van der Waals surface area contributed by atoms with Gasteiger partial charge in [-0.1, -0.05) is 6.42 Å². The molecule has 2 aliphatic rings. The van der Waals surface area contributed by atoms with Gasteiger partial charge in [0.25, 0.3) is 0 Å². The number of rotatable bonds is 5. The summed E-state index contributed by atoms with van der Waals surface area (Å²) in [5.74, 6) is -2.88. The van der Waals surface area contributed by atoms with Gasteiger partial charge in [-0.05, 0) is 60.3 Å². The maximum absolute atomic E-state index is 12.7. The molecule has 0 bridgehead atoms. The zero-order valence-electron chi connectivity index (χ0n) is 16.9. The third-order valence-electron chi connectivity index (χ3n) is 5.10. The molecular formula is C20H34O6. The van der Waals surface area contributed by atoms with Gasteiger partial charge in [0.1, 0.15) is 0 Å². The van der Waals surface area contributed by atoms with Gasteiger partial charge < -0.3 is 18.9 Å². The van der Waals surface area contributed by atoms with E-state index in [1.165, 1.54) is 0 Å². The van der Waals surface area contributed by atoms with Crippen LogP contribution in [0.3, 0.4) is 0 Å². The van der Waals surface area contributed by atoms with Gasteiger partial charge in [0.05, 0.1) is 24.4 Å². The number of carbonyl (C=O) groups excluding carboxylic acids is 2. The Morgan fingerprint density at radius 1 is 0.923 bits per heavy atom. The van der Waals surface area contributed by atoms with Crippen LogP contribution in [0.2, 0.25) is 0 Å². The Morgan fingerprint density at radius 2 is 1.42 bits per heavy atom. The second-order valence-electron chi connectivity index (χ2n) is 8.22. The first-order chi connectivity index (χ1) is 12.1. The van der Waals surface area contributed by atoms with Crippen LogP contribution in [-0.2, 0) is 28.5 Å². The summed E-state index contributed by atoms with van der Waals surface area (Å²) in [4.78, 5) is 25.4. The highest BCUT2D eigenvalue weighted by molar-refractivity contribution is 5.95. The Labute approximate surface area is 156 Å². The maximum atomic E-state index is 12.7. The molecule has 2 fully saturated rings. The van der Waals surface area contributed by atoms with Crippen LogP contribution in [0.5, 0.6) is 0 Å². The van der Waals surface area contributed by atoms with Gasteiger partial charge in [-0.2, -0.15) is 0 Å². The first kappa shape index (κ1) is 21.2. The van der Waals surface area contributed by atoms with Gasteiger partial charge in [0, 0.05) is 12.8 Å². The van der Waals surface area contributed by atoms with Crippen LogP contribution in [0, 0.1) is 11.8 Å². The lowest BCUT2D eigenvalue weighted by Crippen LogP contribution is -2.41. The standard InChI is InChI=1S/C20H34O6/c1-12(2)23-18(21)17(19(22)24-13(3)4)16-9-7-8-10-20(11-16)25-14(5)15(6)26-20/h12-17H,7-11H2,1-6H3/t14-,15-,16-/m1/s1. The molecule has 0 amide bonds. The van der Waals surface area contributed by atoms with Crippen LogP contribution in [0.1, 0.15) is 73.6 Å². The predicted molar refractivity (Wildman–Crippen MR) is 96.3 cm³/mol. The molecule has 1 heterocycles. The van der Waals surface area contributed by atoms with E-state index < -0.39 is 23.6 Å². The Morgan fingerprint density at radius 3 is 1.88 bits per heavy atom. The molecule has 1 aliphatic heterocycles. The third-order valence-corrected chi connectivity index (χ3v) is 5.10. The van der Waals surface area contributed by atoms with Gasteiger partial charge in [-0.25, -0.2) is 0 Å². The minimum absolute atomic E-state index is 0.00238. The van der Waals surface area contributed by atoms with E-state index in [4.69, 9.17) is 18.9 Å². The minimum Gasteiger partial charge on any atom is -0.462 e. The number of hydrogen-bond donors (Lipinski definition) is 0. The zero-order valence-corrected chi connectivity index (χ0v) is 16.9. The molecule has 6 heteroatoms. The van der Waals surface area contributed by atoms with Crippen molar-refractivity contribution in [3.63, 3.8) is 0 Å². The van der Waals surface area contributed by atoms with E-state index in [-0.39, 0.29) is 30.3 Å². The summed E-state index contributed by atoms with van der Waals surface area (Å²) in [6, 6.07) is 0. The van der Waals surface area contributed by atoms with Crippen molar-refractivity contribution in [2.45, 2.75) is 104 Å². The van der Waals surface area contributed by atoms with Crippen LogP contribution in [0.15, 0.2) is 0 Å². The largest absolute Gasteiger partial charge is 0.462 e. The van der Waals surface area contributed by atoms with Crippen molar-refractivity contribution in [2.75, 3.05) is 0 Å². The van der Waals surface area contributed by atoms with Crippen molar-refractivity contribution in [1.29, 1.82) is 0 Å². The molecular weight excluding hydrogens is 336 g/mol. The van der Waals surface area contributed by atoms with Gasteiger partial charge in [0.15, 0.2) is 11.7 Å². The zero-order chi connectivity index (χ0) is 19.5. The summed E-state index contributed by atoms with van der Waals surface area (Å²) < 4.78 is 23.1. The lowest BCUT2D eigenvalue weighted by molar-refractivity contribution is -0.194. The topological polar surface area (TPSA) is 71.1 Å². The summed E-state index contributed by atoms with van der Waals surface area (Å²) >= 11 is 0. The highest BCUT2D eigenvalue weighted by Crippen LogP contribution is 2.44. The smallest absolute Gasteiger partial charge is 0.320 e. The Balaban J connectivity index is 2.23. The van der Waals surface area contributed by atoms with E-state index in [0.717, 1.165) is 25.7 Å². The van der Waals surface area contributed by atoms with Crippen LogP contribution >= 0.6 is 0 Å². The number of carbonyl (C=O) groups is 2. The highest BCUT2D eigenvalue weighted by atomic mass is 16.8. The van der Waals surface area contributed by atoms with Crippen molar-refractivity contribution < 1.29 is 28.5 Å². The quantitative estimate of drug-likeness (QED) is 0.544. The maximum Gasteiger partial charge on any atom is 0.320 e. The van der Waals surface area contributed by atoms with Crippen molar-refractivity contribution in [2.24, 2.45) is 11.8 Å². The average Bonchev–Trinajstić information content (AvgIpc) is 2.65. The van der Waals surface area contributed by atoms with Crippen molar-refractivity contribution in [3.05, 3.63) is 0 Å². The van der Waals surface area contributed by atoms with Gasteiger partial charge in [-0.3, -0.25) is 9.59 Å². The molecule has 0 aromatic carbocycles. The molecule has 150 valence electrons. The lowest BCUT2D eigenvalue weighted by Gasteiger charge is -2.32. The molecule has 1 saturated carbocycles. The van der Waals surface area contributed by atoms with Gasteiger partial charge in [-0.15, -0.1) is 0 Å². The van der Waals surface area contributed by atoms with Crippen molar-refractivity contribution in [1.82, 2.24) is 0 Å². The van der Waals surface area contributed by atoms with E-state index in [0.29, 0.717) is 6.42 Å². The van der Waals surface area contributed by atoms with Crippen LogP contribution in [-0.4, -0.2) is 42.1 Å². The lowest BCUT2D eigenvalue weighted by atomic mass is 9.84. The van der Waals surface area contributed by atoms with Crippen LogP contribution in [0.25, 0.3) is 0 Å². The predicted octanol–water partition coefficient (Wildman–Crippen LogP) is 3.61. The first-order valence-corrected chi connectivity index (χ1v) is 9.90. The van der Waals surface area contributed by atoms with E-state index in [1.54, 1.807) is 27.7 Å². The third kappa shape index (κ3) is 5.19. The SMILES string of the molecule is CC(C)OC(=O)C(C(=O)OC(C)C)[C@@H]1CCCCC2(C1)O[C@H](C)[C@@H](C)O2. The molecule has 0 N–H and O–H groups in total. The number of esters is 2. The van der Waals surface area contributed by atoms with Crippen molar-refractivity contribution >= 4 is 11.9 Å². The molecule has 1 aliphatic carbocycles. The minimum atomic E-state index is -0.937. The monoisotopic (exact) mass is 370 g/mol. The second kappa shape index (κ2) is 8.70. The first-order valence-electron chi connectivity index (χ1n) is 9.90. The Bertz CT molecular complexity index is 469. The number of hydrogen-bond acceptors (Lipinski definition) is 6. The molecule has 0 aromatic rings. The molecule has 0 aromatic heterocycles. The summed E-state index contributed by atoms with van der Waals surface area (Å²) in [5, 5.41) is 0. The fourth-order valence-corrected chi connectivity index (χ4v) is 3.89. The molecule has 3 atom stereocenters. The summed E-state index contributed by atoms with van der Waals surface area (Å²) in [7, 11) is 0. The van der Waals surface area contributed by atoms with Gasteiger partial charge in [0.2, 0.25) is 0 Å². The average molecular weight is 370 g/mol. The summed E-state index contributed by atoms with van der Waals surface area (Å²) in [5.41, 5.74) is 0. The Kier molecular flexibility index (Phi) is 7.08. The summed E-state index contributed by atoms with van der Waals surface area (Å²) in [6.45, 7) is 11.1. The fourth-order valence-electron chi connectivity index (χ4n) is 3.89. The second-order valence-corrected chi connectivity index (χ2v) is 8.22. The van der Waals surface area contributed by atoms with E-state index in [1.807, 2.05) is 13.8 Å². The molecule has 26 heavy (non-hydrogen) atoms. The summed E-state index contributed by atoms with van der Waals surface area (Å²) in [6.07, 6.45) is 3.34. The Hall–Kier alpha value is -1.14. The normalized spacial score (nSPS) is 28.6. The number of ether oxygens (including phenoxy) is 4. The van der Waals surface area contributed by atoms with E-state index in [2.05, 4.69) is 0 Å². The van der Waals surface area contributed by atoms with Crippen LogP contribution in [0.4, 0.5) is 0 Å². The van der Waals surface area contributed by atoms with E-state index in [9.17, 15) is 9.59 Å². The molecule has 6 nitrogen and oxygen atoms in total. The van der Waals surface area contributed by atoms with Crippen LogP contribution < -0.4 is 0 Å². The molecule has 1 spiro atoms. The molecule has 0 unspecified atom stereocenters. The van der Waals surface area contributed by atoms with Crippen molar-refractivity contribution in [3.8, 4) is 0 Å².